The van der Waals surface area contributed by atoms with Crippen LogP contribution in [0, 0.1) is 0 Å². The van der Waals surface area contributed by atoms with Gasteiger partial charge in [0, 0.05) is 6.42 Å². The lowest BCUT2D eigenvalue weighted by atomic mass is 10.1. The van der Waals surface area contributed by atoms with E-state index in [1.807, 2.05) is 0 Å². The van der Waals surface area contributed by atoms with E-state index in [4.69, 9.17) is 5.73 Å². The molecule has 0 bridgehead atoms. The number of hydrogen-bond acceptors (Lipinski definition) is 5. The fourth-order valence-electron chi connectivity index (χ4n) is 1.72. The number of anilines is 1. The van der Waals surface area contributed by atoms with Gasteiger partial charge in [-0.3, -0.25) is 0 Å². The highest BCUT2D eigenvalue weighted by Crippen LogP contribution is 2.24. The van der Waals surface area contributed by atoms with Gasteiger partial charge in [0.15, 0.2) is 6.04 Å². The second-order valence-electron chi connectivity index (χ2n) is 3.26. The summed E-state index contributed by atoms with van der Waals surface area (Å²) < 4.78 is 6.26. The second-order valence-corrected chi connectivity index (χ2v) is 3.26. The van der Waals surface area contributed by atoms with Crippen molar-refractivity contribution >= 4 is 11.9 Å². The number of rotatable bonds is 1. The molecule has 14 heavy (non-hydrogen) atoms. The number of fused-ring (bicyclic) bond motifs is 1. The smallest absolute Gasteiger partial charge is 0.330 e. The average molecular weight is 196 g/mol. The van der Waals surface area contributed by atoms with Crippen molar-refractivity contribution in [2.75, 3.05) is 12.8 Å². The second kappa shape index (κ2) is 3.28. The third-order valence-electron chi connectivity index (χ3n) is 2.36. The Morgan fingerprint density at radius 3 is 3.21 bits per heavy atom. The van der Waals surface area contributed by atoms with Crippen molar-refractivity contribution < 1.29 is 9.53 Å². The molecule has 6 heteroatoms. The first-order valence-electron chi connectivity index (χ1n) is 4.51. The van der Waals surface area contributed by atoms with Crippen LogP contribution in [-0.4, -0.2) is 27.8 Å². The fourth-order valence-corrected chi connectivity index (χ4v) is 1.72. The summed E-state index contributed by atoms with van der Waals surface area (Å²) in [5.41, 5.74) is 5.47. The van der Waals surface area contributed by atoms with Crippen molar-refractivity contribution in [3.05, 3.63) is 5.82 Å². The van der Waals surface area contributed by atoms with Crippen LogP contribution in [0.5, 0.6) is 0 Å². The van der Waals surface area contributed by atoms with Crippen molar-refractivity contribution in [1.82, 2.24) is 14.8 Å². The number of methoxy groups -OCH3 is 1. The molecule has 1 aliphatic rings. The molecule has 2 heterocycles. The fraction of sp³-hybridized carbons (Fsp3) is 0.625. The van der Waals surface area contributed by atoms with Crippen LogP contribution in [0.25, 0.3) is 0 Å². The standard InChI is InChI=1S/C8H12N4O2/c1-14-7(13)5-3-2-4-6-10-8(9)11-12(5)6/h5H,2-4H2,1H3,(H2,9,11). The summed E-state index contributed by atoms with van der Waals surface area (Å²) in [6.07, 6.45) is 2.47. The molecular weight excluding hydrogens is 184 g/mol. The largest absolute Gasteiger partial charge is 0.467 e. The molecule has 6 nitrogen and oxygen atoms in total. The Kier molecular flexibility index (Phi) is 2.11. The van der Waals surface area contributed by atoms with Crippen LogP contribution in [0.4, 0.5) is 5.95 Å². The van der Waals surface area contributed by atoms with Gasteiger partial charge in [-0.15, -0.1) is 5.10 Å². The van der Waals surface area contributed by atoms with Gasteiger partial charge in [-0.2, -0.15) is 4.98 Å². The third-order valence-corrected chi connectivity index (χ3v) is 2.36. The number of aromatic nitrogens is 3. The molecule has 1 atom stereocenters. The number of aryl methyl sites for hydroxylation is 1. The van der Waals surface area contributed by atoms with Crippen molar-refractivity contribution in [3.8, 4) is 0 Å². The molecule has 1 unspecified atom stereocenters. The number of nitrogens with zero attached hydrogens (tertiary/aromatic N) is 3. The highest BCUT2D eigenvalue weighted by Gasteiger charge is 2.28. The van der Waals surface area contributed by atoms with Crippen LogP contribution in [0.3, 0.4) is 0 Å². The van der Waals surface area contributed by atoms with Gasteiger partial charge in [-0.05, 0) is 12.8 Å². The van der Waals surface area contributed by atoms with Crippen molar-refractivity contribution in [1.29, 1.82) is 0 Å². The highest BCUT2D eigenvalue weighted by molar-refractivity contribution is 5.74. The van der Waals surface area contributed by atoms with E-state index in [0.29, 0.717) is 0 Å². The third kappa shape index (κ3) is 1.32. The number of nitrogens with two attached hydrogens (primary N) is 1. The van der Waals surface area contributed by atoms with Crippen LogP contribution in [0.1, 0.15) is 24.7 Å². The zero-order valence-corrected chi connectivity index (χ0v) is 7.93. The predicted octanol–water partition coefficient (Wildman–Crippen LogP) is -0.0893. The maximum absolute atomic E-state index is 11.4. The molecule has 2 rings (SSSR count). The maximum Gasteiger partial charge on any atom is 0.330 e. The van der Waals surface area contributed by atoms with E-state index in [1.165, 1.54) is 7.11 Å². The molecule has 0 amide bonds. The van der Waals surface area contributed by atoms with Crippen molar-refractivity contribution in [2.24, 2.45) is 0 Å². The summed E-state index contributed by atoms with van der Waals surface area (Å²) in [6, 6.07) is -0.353. The summed E-state index contributed by atoms with van der Waals surface area (Å²) in [5.74, 6) is 0.704. The van der Waals surface area contributed by atoms with Crippen LogP contribution in [-0.2, 0) is 16.0 Å². The number of carbonyl (C=O) groups is 1. The minimum atomic E-state index is -0.353. The van der Waals surface area contributed by atoms with Gasteiger partial charge < -0.3 is 10.5 Å². The summed E-state index contributed by atoms with van der Waals surface area (Å²) >= 11 is 0. The molecule has 2 N–H and O–H groups in total. The van der Waals surface area contributed by atoms with E-state index in [9.17, 15) is 4.79 Å². The van der Waals surface area contributed by atoms with Gasteiger partial charge in [-0.25, -0.2) is 9.48 Å². The molecule has 0 saturated carbocycles. The Balaban J connectivity index is 2.34. The molecule has 1 aromatic rings. The van der Waals surface area contributed by atoms with Gasteiger partial charge in [0.2, 0.25) is 5.95 Å². The number of ether oxygens (including phenoxy) is 1. The Morgan fingerprint density at radius 2 is 2.50 bits per heavy atom. The predicted molar refractivity (Wildman–Crippen MR) is 48.4 cm³/mol. The van der Waals surface area contributed by atoms with Gasteiger partial charge >= 0.3 is 5.97 Å². The monoisotopic (exact) mass is 196 g/mol. The summed E-state index contributed by atoms with van der Waals surface area (Å²) in [6.45, 7) is 0. The van der Waals surface area contributed by atoms with Gasteiger partial charge in [0.05, 0.1) is 7.11 Å². The van der Waals surface area contributed by atoms with E-state index >= 15 is 0 Å². The van der Waals surface area contributed by atoms with Gasteiger partial charge in [-0.1, -0.05) is 0 Å². The Bertz CT molecular complexity index is 360. The normalized spacial score (nSPS) is 20.2. The first-order valence-corrected chi connectivity index (χ1v) is 4.51. The lowest BCUT2D eigenvalue weighted by Crippen LogP contribution is -2.27. The quantitative estimate of drug-likeness (QED) is 0.635. The minimum absolute atomic E-state index is 0.218. The molecule has 0 spiro atoms. The Morgan fingerprint density at radius 1 is 1.71 bits per heavy atom. The van der Waals surface area contributed by atoms with E-state index in [1.54, 1.807) is 4.68 Å². The summed E-state index contributed by atoms with van der Waals surface area (Å²) in [5, 5.41) is 3.98. The lowest BCUT2D eigenvalue weighted by Gasteiger charge is -2.20. The number of hydrogen-bond donors (Lipinski definition) is 1. The molecule has 0 aliphatic carbocycles. The van der Waals surface area contributed by atoms with Gasteiger partial charge in [0.25, 0.3) is 0 Å². The van der Waals surface area contributed by atoms with Crippen LogP contribution in [0.2, 0.25) is 0 Å². The molecular formula is C8H12N4O2. The van der Waals surface area contributed by atoms with Crippen LogP contribution in [0.15, 0.2) is 0 Å². The SMILES string of the molecule is COC(=O)C1CCCc2nc(N)nn21. The first-order chi connectivity index (χ1) is 6.72. The lowest BCUT2D eigenvalue weighted by molar-refractivity contribution is -0.145. The maximum atomic E-state index is 11.4. The molecule has 1 aliphatic heterocycles. The van der Waals surface area contributed by atoms with E-state index < -0.39 is 0 Å². The average Bonchev–Trinajstić information content (AvgIpc) is 2.56. The Labute approximate surface area is 81.1 Å². The van der Waals surface area contributed by atoms with Gasteiger partial charge in [0.1, 0.15) is 5.82 Å². The molecule has 76 valence electrons. The minimum Gasteiger partial charge on any atom is -0.467 e. The molecule has 0 fully saturated rings. The van der Waals surface area contributed by atoms with E-state index in [-0.39, 0.29) is 18.0 Å². The molecule has 0 aromatic carbocycles. The first kappa shape index (κ1) is 8.98. The highest BCUT2D eigenvalue weighted by atomic mass is 16.5. The summed E-state index contributed by atoms with van der Waals surface area (Å²) in [4.78, 5) is 15.4. The molecule has 1 aromatic heterocycles. The molecule has 0 saturated heterocycles. The summed E-state index contributed by atoms with van der Waals surface area (Å²) in [7, 11) is 1.37. The van der Waals surface area contributed by atoms with Crippen LogP contribution < -0.4 is 5.73 Å². The number of esters is 1. The molecule has 0 radical (unpaired) electrons. The Hall–Kier alpha value is -1.59. The topological polar surface area (TPSA) is 83.0 Å². The van der Waals surface area contributed by atoms with Crippen molar-refractivity contribution in [2.45, 2.75) is 25.3 Å². The number of carbonyl (C=O) groups excluding carboxylic acids is 1. The van der Waals surface area contributed by atoms with Crippen LogP contribution >= 0.6 is 0 Å². The van der Waals surface area contributed by atoms with Crippen molar-refractivity contribution in [3.63, 3.8) is 0 Å². The zero-order valence-electron chi connectivity index (χ0n) is 7.93. The number of nitrogen functional groups attached to an aromatic ring is 1. The van der Waals surface area contributed by atoms with E-state index in [0.717, 1.165) is 25.1 Å². The zero-order chi connectivity index (χ0) is 10.1. The van der Waals surface area contributed by atoms with E-state index in [2.05, 4.69) is 14.8 Å².